The zero-order chi connectivity index (χ0) is 11.6. The van der Waals surface area contributed by atoms with Crippen LogP contribution >= 0.6 is 12.6 Å². The third-order valence-electron chi connectivity index (χ3n) is 2.22. The van der Waals surface area contributed by atoms with Gasteiger partial charge in [-0.15, -0.1) is 0 Å². The molecule has 0 atom stereocenters. The van der Waals surface area contributed by atoms with Crippen molar-refractivity contribution in [3.8, 4) is 0 Å². The summed E-state index contributed by atoms with van der Waals surface area (Å²) in [6.07, 6.45) is 3.32. The van der Waals surface area contributed by atoms with E-state index in [1.807, 2.05) is 7.05 Å². The molecule has 0 unspecified atom stereocenters. The number of nitrogens with zero attached hydrogens (tertiary/aromatic N) is 3. The Balaban J connectivity index is 2.94. The van der Waals surface area contributed by atoms with E-state index in [1.165, 1.54) is 0 Å². The lowest BCUT2D eigenvalue weighted by Crippen LogP contribution is -2.43. The zero-order valence-corrected chi connectivity index (χ0v) is 11.2. The second-order valence-electron chi connectivity index (χ2n) is 4.30. The molecule has 82 valence electrons. The Labute approximate surface area is 96.2 Å². The van der Waals surface area contributed by atoms with Crippen LogP contribution in [0.2, 0.25) is 19.6 Å². The minimum Gasteiger partial charge on any atom is -0.398 e. The van der Waals surface area contributed by atoms with E-state index >= 15 is 0 Å². The summed E-state index contributed by atoms with van der Waals surface area (Å²) in [4.78, 5) is 18.8. The molecule has 1 aromatic rings. The topological polar surface area (TPSA) is 46.1 Å². The molecule has 0 amide bonds. The fourth-order valence-electron chi connectivity index (χ4n) is 0.992. The first-order chi connectivity index (χ1) is 6.82. The third kappa shape index (κ3) is 3.03. The van der Waals surface area contributed by atoms with E-state index in [0.29, 0.717) is 0 Å². The molecule has 0 bridgehead atoms. The molecule has 0 saturated carbocycles. The highest BCUT2D eigenvalue weighted by Gasteiger charge is 2.21. The van der Waals surface area contributed by atoms with Crippen LogP contribution in [0.3, 0.4) is 0 Å². The van der Waals surface area contributed by atoms with Crippen LogP contribution in [0.5, 0.6) is 0 Å². The van der Waals surface area contributed by atoms with Gasteiger partial charge in [-0.3, -0.25) is 4.79 Å². The largest absolute Gasteiger partial charge is 0.398 e. The van der Waals surface area contributed by atoms with Gasteiger partial charge in [-0.05, 0) is 7.05 Å². The average Bonchev–Trinajstić information content (AvgIpc) is 2.15. The molecule has 0 aliphatic carbocycles. The van der Waals surface area contributed by atoms with Crippen LogP contribution in [0.15, 0.2) is 12.4 Å². The van der Waals surface area contributed by atoms with Gasteiger partial charge < -0.3 is 4.57 Å². The van der Waals surface area contributed by atoms with Crippen molar-refractivity contribution in [2.24, 2.45) is 0 Å². The van der Waals surface area contributed by atoms with E-state index in [1.54, 1.807) is 12.4 Å². The lowest BCUT2D eigenvalue weighted by Gasteiger charge is -2.31. The maximum Gasteiger partial charge on any atom is 0.253 e. The highest BCUT2D eigenvalue weighted by atomic mass is 32.1. The van der Waals surface area contributed by atoms with E-state index in [4.69, 9.17) is 0 Å². The van der Waals surface area contributed by atoms with Gasteiger partial charge in [0.15, 0.2) is 0 Å². The lowest BCUT2D eigenvalue weighted by atomic mass is 10.5. The molecule has 1 aromatic heterocycles. The quantitative estimate of drug-likeness (QED) is 0.648. The highest BCUT2D eigenvalue weighted by Crippen LogP contribution is 2.17. The molecular weight excluding hydrogens is 226 g/mol. The normalized spacial score (nSPS) is 11.3. The summed E-state index contributed by atoms with van der Waals surface area (Å²) in [5.41, 5.74) is 0.938. The Hall–Kier alpha value is -0.883. The molecule has 0 saturated heterocycles. The minimum atomic E-state index is -1.40. The monoisotopic (exact) mass is 241 g/mol. The van der Waals surface area contributed by atoms with Crippen molar-refractivity contribution in [2.75, 3.05) is 11.6 Å². The van der Waals surface area contributed by atoms with Crippen LogP contribution in [-0.4, -0.2) is 30.4 Å². The van der Waals surface area contributed by atoms with Crippen molar-refractivity contribution in [1.29, 1.82) is 0 Å². The Bertz CT molecular complexity index is 361. The molecule has 0 N–H and O–H groups in total. The summed E-state index contributed by atoms with van der Waals surface area (Å²) in [7, 11) is 0.624. The van der Waals surface area contributed by atoms with Gasteiger partial charge in [0, 0.05) is 0 Å². The van der Waals surface area contributed by atoms with Gasteiger partial charge in [-0.1, -0.05) is 32.3 Å². The number of carbonyl (C=O) groups is 1. The SMILES string of the molecule is CN(c1cnc(C(=O)S)nc1)[Si](C)(C)C. The number of carbonyl (C=O) groups excluding carboxylic acids is 1. The van der Waals surface area contributed by atoms with Crippen LogP contribution in [0.4, 0.5) is 5.69 Å². The average molecular weight is 241 g/mol. The molecule has 0 aliphatic heterocycles. The van der Waals surface area contributed by atoms with E-state index in [-0.39, 0.29) is 5.82 Å². The van der Waals surface area contributed by atoms with Crippen LogP contribution in [0.25, 0.3) is 0 Å². The van der Waals surface area contributed by atoms with E-state index in [2.05, 4.69) is 46.8 Å². The van der Waals surface area contributed by atoms with E-state index in [9.17, 15) is 4.79 Å². The number of hydrogen-bond donors (Lipinski definition) is 1. The minimum absolute atomic E-state index is 0.144. The van der Waals surface area contributed by atoms with Gasteiger partial charge >= 0.3 is 0 Å². The molecule has 0 spiro atoms. The summed E-state index contributed by atoms with van der Waals surface area (Å²) in [5.74, 6) is 0.144. The number of hydrogen-bond acceptors (Lipinski definition) is 4. The maximum atomic E-state index is 10.9. The predicted molar refractivity (Wildman–Crippen MR) is 67.1 cm³/mol. The fraction of sp³-hybridized carbons (Fsp3) is 0.444. The van der Waals surface area contributed by atoms with Crippen molar-refractivity contribution in [2.45, 2.75) is 19.6 Å². The van der Waals surface area contributed by atoms with Crippen molar-refractivity contribution in [3.63, 3.8) is 0 Å². The van der Waals surface area contributed by atoms with Crippen LogP contribution in [0, 0.1) is 0 Å². The highest BCUT2D eigenvalue weighted by molar-refractivity contribution is 7.97. The Morgan fingerprint density at radius 2 is 1.80 bits per heavy atom. The zero-order valence-electron chi connectivity index (χ0n) is 9.35. The van der Waals surface area contributed by atoms with Crippen LogP contribution in [-0.2, 0) is 0 Å². The third-order valence-corrected chi connectivity index (χ3v) is 4.69. The number of anilines is 1. The number of aromatic nitrogens is 2. The molecule has 0 aromatic carbocycles. The fourth-order valence-corrected chi connectivity index (χ4v) is 2.00. The molecule has 1 heterocycles. The maximum absolute atomic E-state index is 10.9. The lowest BCUT2D eigenvalue weighted by molar-refractivity contribution is 0.108. The summed E-state index contributed by atoms with van der Waals surface area (Å²) in [6.45, 7) is 6.68. The summed E-state index contributed by atoms with van der Waals surface area (Å²) >= 11 is 3.66. The first-order valence-electron chi connectivity index (χ1n) is 4.61. The van der Waals surface area contributed by atoms with Crippen molar-refractivity contribution in [1.82, 2.24) is 9.97 Å². The van der Waals surface area contributed by atoms with Gasteiger partial charge in [0.05, 0.1) is 18.1 Å². The Kier molecular flexibility index (Phi) is 3.51. The Morgan fingerprint density at radius 3 is 2.13 bits per heavy atom. The molecule has 4 nitrogen and oxygen atoms in total. The van der Waals surface area contributed by atoms with Gasteiger partial charge in [0.1, 0.15) is 8.24 Å². The van der Waals surface area contributed by atoms with E-state index in [0.717, 1.165) is 5.69 Å². The second-order valence-corrected chi connectivity index (χ2v) is 9.72. The van der Waals surface area contributed by atoms with E-state index < -0.39 is 13.4 Å². The molecule has 1 rings (SSSR count). The molecule has 0 fully saturated rings. The van der Waals surface area contributed by atoms with Gasteiger partial charge in [0.2, 0.25) is 5.82 Å². The Morgan fingerprint density at radius 1 is 1.33 bits per heavy atom. The smallest absolute Gasteiger partial charge is 0.253 e. The summed E-state index contributed by atoms with van der Waals surface area (Å²) in [6, 6.07) is 0. The summed E-state index contributed by atoms with van der Waals surface area (Å²) in [5, 5.41) is -0.405. The van der Waals surface area contributed by atoms with Crippen LogP contribution in [0.1, 0.15) is 10.6 Å². The summed E-state index contributed by atoms with van der Waals surface area (Å²) < 4.78 is 2.18. The molecule has 0 aliphatic rings. The number of thiol groups is 1. The predicted octanol–water partition coefficient (Wildman–Crippen LogP) is 1.82. The molecule has 6 heteroatoms. The van der Waals surface area contributed by atoms with Crippen molar-refractivity contribution >= 4 is 31.7 Å². The second kappa shape index (κ2) is 4.32. The molecule has 15 heavy (non-hydrogen) atoms. The first-order valence-corrected chi connectivity index (χ1v) is 8.51. The van der Waals surface area contributed by atoms with Crippen molar-refractivity contribution < 1.29 is 4.79 Å². The van der Waals surface area contributed by atoms with Gasteiger partial charge in [-0.25, -0.2) is 9.97 Å². The van der Waals surface area contributed by atoms with Crippen LogP contribution < -0.4 is 4.57 Å². The molecular formula is C9H15N3OSSi. The molecule has 0 radical (unpaired) electrons. The standard InChI is InChI=1S/C9H15N3OSSi/c1-12(15(2,3)4)7-5-10-8(9(13)14)11-6-7/h5-6H,1-4H3,(H,13,14). The number of rotatable bonds is 3. The van der Waals surface area contributed by atoms with Crippen molar-refractivity contribution in [3.05, 3.63) is 18.2 Å². The first kappa shape index (κ1) is 12.2. The van der Waals surface area contributed by atoms with Gasteiger partial charge in [-0.2, -0.15) is 0 Å². The van der Waals surface area contributed by atoms with Gasteiger partial charge in [0.25, 0.3) is 5.12 Å².